The molecule has 0 bridgehead atoms. The second kappa shape index (κ2) is 7.30. The van der Waals surface area contributed by atoms with Gasteiger partial charge in [-0.3, -0.25) is 9.78 Å². The van der Waals surface area contributed by atoms with E-state index in [2.05, 4.69) is 36.4 Å². The highest BCUT2D eigenvalue weighted by Gasteiger charge is 2.24. The van der Waals surface area contributed by atoms with Crippen molar-refractivity contribution in [2.75, 3.05) is 26.3 Å². The zero-order valence-electron chi connectivity index (χ0n) is 16.4. The summed E-state index contributed by atoms with van der Waals surface area (Å²) in [6.45, 7) is 4.41. The van der Waals surface area contributed by atoms with Gasteiger partial charge in [-0.2, -0.15) is 0 Å². The lowest BCUT2D eigenvalue weighted by Crippen LogP contribution is -2.40. The van der Waals surface area contributed by atoms with Crippen LogP contribution in [0, 0.1) is 6.92 Å². The molecule has 0 aliphatic carbocycles. The zero-order chi connectivity index (χ0) is 19.8. The topological polar surface area (TPSA) is 42.4 Å². The van der Waals surface area contributed by atoms with Crippen LogP contribution in [-0.2, 0) is 4.74 Å². The fraction of sp³-hybridized carbons (Fsp3) is 0.200. The van der Waals surface area contributed by atoms with Crippen LogP contribution in [0.1, 0.15) is 16.1 Å². The first-order chi connectivity index (χ1) is 14.2. The molecular formula is C25H22N2O2. The van der Waals surface area contributed by atoms with E-state index in [1.54, 1.807) is 0 Å². The molecule has 0 unspecified atom stereocenters. The molecule has 0 radical (unpaired) electrons. The Morgan fingerprint density at radius 2 is 1.69 bits per heavy atom. The Morgan fingerprint density at radius 3 is 2.55 bits per heavy atom. The third kappa shape index (κ3) is 3.15. The Balaban J connectivity index is 1.80. The molecule has 1 aliphatic rings. The second-order valence-corrected chi connectivity index (χ2v) is 7.44. The van der Waals surface area contributed by atoms with Crippen LogP contribution in [0.4, 0.5) is 0 Å². The van der Waals surface area contributed by atoms with Crippen LogP contribution < -0.4 is 0 Å². The first kappa shape index (κ1) is 17.8. The Kier molecular flexibility index (Phi) is 4.49. The van der Waals surface area contributed by atoms with Crippen LogP contribution >= 0.6 is 0 Å². The number of nitrogens with zero attached hydrogens (tertiary/aromatic N) is 2. The van der Waals surface area contributed by atoms with Gasteiger partial charge in [0, 0.05) is 35.3 Å². The minimum atomic E-state index is 0.0544. The summed E-state index contributed by atoms with van der Waals surface area (Å²) in [4.78, 5) is 20.1. The zero-order valence-corrected chi connectivity index (χ0v) is 16.4. The molecule has 1 fully saturated rings. The predicted octanol–water partition coefficient (Wildman–Crippen LogP) is 4.84. The highest BCUT2D eigenvalue weighted by Crippen LogP contribution is 2.37. The van der Waals surface area contributed by atoms with Crippen LogP contribution in [0.25, 0.3) is 32.8 Å². The molecule has 2 heterocycles. The van der Waals surface area contributed by atoms with E-state index in [-0.39, 0.29) is 5.91 Å². The molecule has 1 aromatic heterocycles. The van der Waals surface area contributed by atoms with Gasteiger partial charge < -0.3 is 9.64 Å². The number of morpholine rings is 1. The van der Waals surface area contributed by atoms with E-state index in [1.165, 1.54) is 0 Å². The van der Waals surface area contributed by atoms with Gasteiger partial charge >= 0.3 is 0 Å². The normalized spacial score (nSPS) is 14.4. The third-order valence-corrected chi connectivity index (χ3v) is 5.60. The summed E-state index contributed by atoms with van der Waals surface area (Å²) in [5.41, 5.74) is 4.63. The maximum absolute atomic E-state index is 13.5. The van der Waals surface area contributed by atoms with Crippen molar-refractivity contribution >= 4 is 27.6 Å². The summed E-state index contributed by atoms with van der Waals surface area (Å²) >= 11 is 0. The number of benzene rings is 3. The van der Waals surface area contributed by atoms with Gasteiger partial charge in [0.1, 0.15) is 0 Å². The van der Waals surface area contributed by atoms with Crippen molar-refractivity contribution in [3.63, 3.8) is 0 Å². The number of aryl methyl sites for hydroxylation is 1. The number of aromatic nitrogens is 1. The van der Waals surface area contributed by atoms with Crippen LogP contribution in [0.15, 0.2) is 66.7 Å². The number of amides is 1. The molecule has 0 saturated carbocycles. The van der Waals surface area contributed by atoms with Crippen molar-refractivity contribution in [1.82, 2.24) is 9.88 Å². The number of pyridine rings is 1. The Morgan fingerprint density at radius 1 is 0.897 bits per heavy atom. The lowest BCUT2D eigenvalue weighted by atomic mass is 9.90. The number of fused-ring (bicyclic) bond motifs is 2. The molecule has 29 heavy (non-hydrogen) atoms. The molecule has 0 atom stereocenters. The van der Waals surface area contributed by atoms with E-state index in [0.717, 1.165) is 44.1 Å². The molecule has 4 aromatic rings. The summed E-state index contributed by atoms with van der Waals surface area (Å²) in [7, 11) is 0. The molecule has 4 nitrogen and oxygen atoms in total. The van der Waals surface area contributed by atoms with E-state index in [0.29, 0.717) is 26.3 Å². The van der Waals surface area contributed by atoms with Gasteiger partial charge in [-0.05, 0) is 41.5 Å². The SMILES string of the molecule is Cc1ccc2c(-c3cccc4ccccc34)c(C(=O)N3CCOCC3)ccc2n1. The van der Waals surface area contributed by atoms with E-state index in [4.69, 9.17) is 9.72 Å². The number of rotatable bonds is 2. The number of hydrogen-bond acceptors (Lipinski definition) is 3. The molecule has 5 rings (SSSR count). The molecular weight excluding hydrogens is 360 g/mol. The van der Waals surface area contributed by atoms with Gasteiger partial charge in [0.25, 0.3) is 5.91 Å². The van der Waals surface area contributed by atoms with Crippen LogP contribution in [-0.4, -0.2) is 42.1 Å². The number of ether oxygens (including phenoxy) is 1. The van der Waals surface area contributed by atoms with Gasteiger partial charge in [-0.25, -0.2) is 0 Å². The van der Waals surface area contributed by atoms with Crippen molar-refractivity contribution in [3.05, 3.63) is 78.0 Å². The molecule has 1 aliphatic heterocycles. The molecule has 1 saturated heterocycles. The summed E-state index contributed by atoms with van der Waals surface area (Å²) in [5.74, 6) is 0.0544. The highest BCUT2D eigenvalue weighted by atomic mass is 16.5. The first-order valence-corrected chi connectivity index (χ1v) is 9.98. The number of carbonyl (C=O) groups excluding carboxylic acids is 1. The van der Waals surface area contributed by atoms with E-state index in [1.807, 2.05) is 42.2 Å². The minimum Gasteiger partial charge on any atom is -0.378 e. The molecule has 1 amide bonds. The van der Waals surface area contributed by atoms with Gasteiger partial charge in [0.05, 0.1) is 18.7 Å². The first-order valence-electron chi connectivity index (χ1n) is 9.98. The van der Waals surface area contributed by atoms with E-state index in [9.17, 15) is 4.79 Å². The quantitative estimate of drug-likeness (QED) is 0.498. The lowest BCUT2D eigenvalue weighted by molar-refractivity contribution is 0.0303. The van der Waals surface area contributed by atoms with Crippen molar-refractivity contribution < 1.29 is 9.53 Å². The molecule has 144 valence electrons. The smallest absolute Gasteiger partial charge is 0.254 e. The largest absolute Gasteiger partial charge is 0.378 e. The van der Waals surface area contributed by atoms with Gasteiger partial charge in [0.2, 0.25) is 0 Å². The van der Waals surface area contributed by atoms with Gasteiger partial charge in [-0.1, -0.05) is 48.5 Å². The Labute approximate surface area is 169 Å². The highest BCUT2D eigenvalue weighted by molar-refractivity contribution is 6.13. The van der Waals surface area contributed by atoms with Crippen LogP contribution in [0.2, 0.25) is 0 Å². The van der Waals surface area contributed by atoms with Gasteiger partial charge in [-0.15, -0.1) is 0 Å². The standard InChI is InChI=1S/C25H22N2O2/c1-17-9-10-21-23(26-17)12-11-22(25(28)27-13-15-29-16-14-27)24(21)20-8-4-6-18-5-2-3-7-19(18)20/h2-12H,13-16H2,1H3. The van der Waals surface area contributed by atoms with Crippen LogP contribution in [0.5, 0.6) is 0 Å². The van der Waals surface area contributed by atoms with Crippen molar-refractivity contribution in [1.29, 1.82) is 0 Å². The maximum Gasteiger partial charge on any atom is 0.254 e. The predicted molar refractivity (Wildman–Crippen MR) is 116 cm³/mol. The molecule has 0 spiro atoms. The van der Waals surface area contributed by atoms with Crippen LogP contribution in [0.3, 0.4) is 0 Å². The second-order valence-electron chi connectivity index (χ2n) is 7.44. The molecule has 0 N–H and O–H groups in total. The fourth-order valence-corrected chi connectivity index (χ4v) is 4.15. The van der Waals surface area contributed by atoms with Crippen molar-refractivity contribution in [2.45, 2.75) is 6.92 Å². The Hall–Kier alpha value is -3.24. The number of hydrogen-bond donors (Lipinski definition) is 0. The Bertz CT molecular complexity index is 1220. The van der Waals surface area contributed by atoms with E-state index >= 15 is 0 Å². The monoisotopic (exact) mass is 382 g/mol. The summed E-state index contributed by atoms with van der Waals surface area (Å²) in [6, 6.07) is 22.6. The summed E-state index contributed by atoms with van der Waals surface area (Å²) in [5, 5.41) is 3.30. The van der Waals surface area contributed by atoms with Crippen molar-refractivity contribution in [2.24, 2.45) is 0 Å². The third-order valence-electron chi connectivity index (χ3n) is 5.60. The molecule has 4 heteroatoms. The van der Waals surface area contributed by atoms with E-state index < -0.39 is 0 Å². The maximum atomic E-state index is 13.5. The fourth-order valence-electron chi connectivity index (χ4n) is 4.15. The molecule has 3 aromatic carbocycles. The number of carbonyl (C=O) groups is 1. The van der Waals surface area contributed by atoms with Gasteiger partial charge in [0.15, 0.2) is 0 Å². The summed E-state index contributed by atoms with van der Waals surface area (Å²) < 4.78 is 5.44. The summed E-state index contributed by atoms with van der Waals surface area (Å²) in [6.07, 6.45) is 0. The van der Waals surface area contributed by atoms with Crippen molar-refractivity contribution in [3.8, 4) is 11.1 Å². The lowest BCUT2D eigenvalue weighted by Gasteiger charge is -2.28. The average Bonchev–Trinajstić information content (AvgIpc) is 2.78. The minimum absolute atomic E-state index is 0.0544. The average molecular weight is 382 g/mol.